The van der Waals surface area contributed by atoms with Crippen LogP contribution in [0.5, 0.6) is 0 Å². The summed E-state index contributed by atoms with van der Waals surface area (Å²) in [6, 6.07) is 3.57. The second-order valence-electron chi connectivity index (χ2n) is 4.55. The van der Waals surface area contributed by atoms with E-state index in [4.69, 9.17) is 0 Å². The summed E-state index contributed by atoms with van der Waals surface area (Å²) in [4.78, 5) is 15.2. The lowest BCUT2D eigenvalue weighted by atomic mass is 10.1. The Balaban J connectivity index is 2.45. The Labute approximate surface area is 105 Å². The first-order valence-corrected chi connectivity index (χ1v) is 5.79. The number of carboxylic acid groups (broad SMARTS) is 1. The van der Waals surface area contributed by atoms with Crippen molar-refractivity contribution in [3.8, 4) is 11.3 Å². The lowest BCUT2D eigenvalue weighted by Gasteiger charge is -2.03. The van der Waals surface area contributed by atoms with Crippen LogP contribution in [0.1, 0.15) is 24.2 Å². The largest absolute Gasteiger partial charge is 0.478 e. The molecule has 1 N–H and O–H groups in total. The summed E-state index contributed by atoms with van der Waals surface area (Å²) in [5.41, 5.74) is 1.40. The molecular weight excluding hydrogens is 230 g/mol. The molecule has 0 unspecified atom stereocenters. The van der Waals surface area contributed by atoms with Crippen molar-refractivity contribution in [3.05, 3.63) is 36.3 Å². The van der Waals surface area contributed by atoms with Crippen LogP contribution < -0.4 is 0 Å². The number of rotatable bonds is 4. The van der Waals surface area contributed by atoms with E-state index in [1.54, 1.807) is 29.3 Å². The number of hydrogen-bond acceptors (Lipinski definition) is 3. The van der Waals surface area contributed by atoms with E-state index in [0.717, 1.165) is 5.56 Å². The fourth-order valence-corrected chi connectivity index (χ4v) is 1.76. The molecule has 0 bridgehead atoms. The van der Waals surface area contributed by atoms with Gasteiger partial charge >= 0.3 is 5.97 Å². The molecule has 0 saturated heterocycles. The van der Waals surface area contributed by atoms with Crippen LogP contribution in [0.15, 0.2) is 30.7 Å². The zero-order valence-corrected chi connectivity index (χ0v) is 10.4. The molecule has 18 heavy (non-hydrogen) atoms. The third kappa shape index (κ3) is 2.56. The minimum Gasteiger partial charge on any atom is -0.478 e. The van der Waals surface area contributed by atoms with Crippen LogP contribution in [0.2, 0.25) is 0 Å². The average Bonchev–Trinajstić information content (AvgIpc) is 2.73. The Morgan fingerprint density at radius 1 is 1.50 bits per heavy atom. The topological polar surface area (TPSA) is 68.0 Å². The molecule has 0 fully saturated rings. The van der Waals surface area contributed by atoms with Gasteiger partial charge in [0.1, 0.15) is 11.3 Å². The highest BCUT2D eigenvalue weighted by atomic mass is 16.4. The standard InChI is InChI=1S/C13H15N3O2/c1-9(2)7-16-8-11(13(17)18)12(15-16)10-4-3-5-14-6-10/h3-6,8-9H,7H2,1-2H3,(H,17,18). The number of aromatic carboxylic acids is 1. The van der Waals surface area contributed by atoms with E-state index in [2.05, 4.69) is 23.9 Å². The SMILES string of the molecule is CC(C)Cn1cc(C(=O)O)c(-c2cccnc2)n1. The summed E-state index contributed by atoms with van der Waals surface area (Å²) in [5.74, 6) is -0.558. The minimum absolute atomic E-state index is 0.212. The van der Waals surface area contributed by atoms with Crippen LogP contribution >= 0.6 is 0 Å². The number of hydrogen-bond donors (Lipinski definition) is 1. The molecule has 5 heteroatoms. The third-order valence-corrected chi connectivity index (χ3v) is 2.48. The fourth-order valence-electron chi connectivity index (χ4n) is 1.76. The van der Waals surface area contributed by atoms with Crippen molar-refractivity contribution < 1.29 is 9.90 Å². The zero-order chi connectivity index (χ0) is 13.1. The van der Waals surface area contributed by atoms with Crippen molar-refractivity contribution in [2.45, 2.75) is 20.4 Å². The van der Waals surface area contributed by atoms with Crippen molar-refractivity contribution >= 4 is 5.97 Å². The van der Waals surface area contributed by atoms with Crippen molar-refractivity contribution in [1.82, 2.24) is 14.8 Å². The summed E-state index contributed by atoms with van der Waals surface area (Å²) in [6.07, 6.45) is 4.84. The smallest absolute Gasteiger partial charge is 0.339 e. The molecule has 5 nitrogen and oxygen atoms in total. The molecule has 0 aliphatic rings. The number of aromatic nitrogens is 3. The molecule has 0 spiro atoms. The van der Waals surface area contributed by atoms with Gasteiger partial charge in [0.05, 0.1) is 0 Å². The second kappa shape index (κ2) is 5.00. The quantitative estimate of drug-likeness (QED) is 0.897. The van der Waals surface area contributed by atoms with Gasteiger partial charge in [0.25, 0.3) is 0 Å². The van der Waals surface area contributed by atoms with Gasteiger partial charge in [-0.2, -0.15) is 5.10 Å². The second-order valence-corrected chi connectivity index (χ2v) is 4.55. The summed E-state index contributed by atoms with van der Waals surface area (Å²) >= 11 is 0. The van der Waals surface area contributed by atoms with E-state index in [0.29, 0.717) is 18.2 Å². The van der Waals surface area contributed by atoms with Gasteiger partial charge in [0.15, 0.2) is 0 Å². The molecule has 94 valence electrons. The van der Waals surface area contributed by atoms with Crippen molar-refractivity contribution in [3.63, 3.8) is 0 Å². The van der Waals surface area contributed by atoms with E-state index in [1.165, 1.54) is 0 Å². The predicted molar refractivity (Wildman–Crippen MR) is 67.3 cm³/mol. The number of pyridine rings is 1. The summed E-state index contributed by atoms with van der Waals surface area (Å²) in [5, 5.41) is 13.5. The number of carboxylic acids is 1. The van der Waals surface area contributed by atoms with Crippen LogP contribution in [-0.2, 0) is 6.54 Å². The van der Waals surface area contributed by atoms with E-state index in [-0.39, 0.29) is 5.56 Å². The van der Waals surface area contributed by atoms with Crippen LogP contribution in [-0.4, -0.2) is 25.8 Å². The van der Waals surface area contributed by atoms with E-state index in [1.807, 2.05) is 6.07 Å². The highest BCUT2D eigenvalue weighted by Crippen LogP contribution is 2.21. The Morgan fingerprint density at radius 3 is 2.83 bits per heavy atom. The summed E-state index contributed by atoms with van der Waals surface area (Å²) in [6.45, 7) is 4.82. The van der Waals surface area contributed by atoms with Gasteiger partial charge in [-0.1, -0.05) is 13.8 Å². The maximum Gasteiger partial charge on any atom is 0.339 e. The van der Waals surface area contributed by atoms with Crippen molar-refractivity contribution in [1.29, 1.82) is 0 Å². The van der Waals surface area contributed by atoms with E-state index in [9.17, 15) is 9.90 Å². The number of carbonyl (C=O) groups is 1. The molecule has 0 aliphatic heterocycles. The maximum atomic E-state index is 11.2. The highest BCUT2D eigenvalue weighted by Gasteiger charge is 2.17. The Morgan fingerprint density at radius 2 is 2.28 bits per heavy atom. The molecule has 0 aliphatic carbocycles. The first-order chi connectivity index (χ1) is 8.58. The zero-order valence-electron chi connectivity index (χ0n) is 10.4. The molecule has 2 rings (SSSR count). The normalized spacial score (nSPS) is 10.8. The summed E-state index contributed by atoms with van der Waals surface area (Å²) in [7, 11) is 0. The molecule has 2 aromatic heterocycles. The molecule has 0 saturated carbocycles. The van der Waals surface area contributed by atoms with Gasteiger partial charge in [-0.15, -0.1) is 0 Å². The Kier molecular flexibility index (Phi) is 3.41. The molecule has 0 amide bonds. The lowest BCUT2D eigenvalue weighted by Crippen LogP contribution is -2.04. The maximum absolute atomic E-state index is 11.2. The van der Waals surface area contributed by atoms with Gasteiger partial charge in [-0.05, 0) is 18.1 Å². The molecule has 2 aromatic rings. The number of nitrogens with zero attached hydrogens (tertiary/aromatic N) is 3. The summed E-state index contributed by atoms with van der Waals surface area (Å²) < 4.78 is 1.68. The minimum atomic E-state index is -0.969. The van der Waals surface area contributed by atoms with Crippen molar-refractivity contribution in [2.24, 2.45) is 5.92 Å². The van der Waals surface area contributed by atoms with E-state index >= 15 is 0 Å². The van der Waals surface area contributed by atoms with Crippen LogP contribution in [0.3, 0.4) is 0 Å². The molecule has 0 aromatic carbocycles. The molecule has 0 atom stereocenters. The van der Waals surface area contributed by atoms with Crippen LogP contribution in [0, 0.1) is 5.92 Å². The predicted octanol–water partition coefficient (Wildman–Crippen LogP) is 2.30. The van der Waals surface area contributed by atoms with Gasteiger partial charge in [0, 0.05) is 30.7 Å². The van der Waals surface area contributed by atoms with E-state index < -0.39 is 5.97 Å². The Bertz CT molecular complexity index is 547. The van der Waals surface area contributed by atoms with Crippen molar-refractivity contribution in [2.75, 3.05) is 0 Å². The first kappa shape index (κ1) is 12.3. The monoisotopic (exact) mass is 245 g/mol. The molecule has 2 heterocycles. The van der Waals surface area contributed by atoms with Gasteiger partial charge < -0.3 is 5.11 Å². The highest BCUT2D eigenvalue weighted by molar-refractivity contribution is 5.94. The van der Waals surface area contributed by atoms with Gasteiger partial charge in [-0.3, -0.25) is 9.67 Å². The van der Waals surface area contributed by atoms with Gasteiger partial charge in [-0.25, -0.2) is 4.79 Å². The van der Waals surface area contributed by atoms with Crippen LogP contribution in [0.25, 0.3) is 11.3 Å². The third-order valence-electron chi connectivity index (χ3n) is 2.48. The Hall–Kier alpha value is -2.17. The fraction of sp³-hybridized carbons (Fsp3) is 0.308. The molecular formula is C13H15N3O2. The molecule has 0 radical (unpaired) electrons. The average molecular weight is 245 g/mol. The lowest BCUT2D eigenvalue weighted by molar-refractivity contribution is 0.0697. The van der Waals surface area contributed by atoms with Gasteiger partial charge in [0.2, 0.25) is 0 Å². The van der Waals surface area contributed by atoms with Crippen LogP contribution in [0.4, 0.5) is 0 Å². The first-order valence-electron chi connectivity index (χ1n) is 5.79.